The van der Waals surface area contributed by atoms with Gasteiger partial charge < -0.3 is 10.4 Å². The van der Waals surface area contributed by atoms with Gasteiger partial charge >= 0.3 is 0 Å². The summed E-state index contributed by atoms with van der Waals surface area (Å²) in [5, 5.41) is 13.6. The zero-order valence-electron chi connectivity index (χ0n) is 28.0. The predicted molar refractivity (Wildman–Crippen MR) is 178 cm³/mol. The second kappa shape index (κ2) is 17.9. The molecule has 0 spiro atoms. The lowest BCUT2D eigenvalue weighted by atomic mass is 9.86. The van der Waals surface area contributed by atoms with Crippen molar-refractivity contribution in [3.8, 4) is 0 Å². The molecule has 2 aromatic carbocycles. The second-order valence-electron chi connectivity index (χ2n) is 12.5. The lowest BCUT2D eigenvalue weighted by molar-refractivity contribution is -0.118. The van der Waals surface area contributed by atoms with Gasteiger partial charge in [0, 0.05) is 36.5 Å². The Hall–Kier alpha value is -3.68. The molecule has 0 heterocycles. The van der Waals surface area contributed by atoms with Gasteiger partial charge in [0.15, 0.2) is 5.78 Å². The summed E-state index contributed by atoms with van der Waals surface area (Å²) in [6.45, 7) is 14.0. The Labute approximate surface area is 271 Å². The number of aliphatic hydroxyl groups excluding tert-OH is 1. The number of carbonyl (C=O) groups is 2. The van der Waals surface area contributed by atoms with Gasteiger partial charge in [-0.2, -0.15) is 0 Å². The zero-order chi connectivity index (χ0) is 34.6. The van der Waals surface area contributed by atoms with E-state index >= 15 is 0 Å². The van der Waals surface area contributed by atoms with E-state index in [1.54, 1.807) is 55.5 Å². The summed E-state index contributed by atoms with van der Waals surface area (Å²) >= 11 is 0. The summed E-state index contributed by atoms with van der Waals surface area (Å²) in [7, 11) is 0. The van der Waals surface area contributed by atoms with Crippen LogP contribution in [0.15, 0.2) is 77.6 Å². The Morgan fingerprint density at radius 1 is 1.04 bits per heavy atom. The van der Waals surface area contributed by atoms with E-state index in [-0.39, 0.29) is 41.7 Å². The number of aryl methyl sites for hydroxylation is 1. The average molecular weight is 644 g/mol. The summed E-state index contributed by atoms with van der Waals surface area (Å²) < 4.78 is 55.2. The van der Waals surface area contributed by atoms with Crippen molar-refractivity contribution in [3.63, 3.8) is 0 Å². The molecule has 8 heteroatoms. The summed E-state index contributed by atoms with van der Waals surface area (Å²) in [4.78, 5) is 25.4. The molecule has 0 bridgehead atoms. The van der Waals surface area contributed by atoms with Gasteiger partial charge in [-0.25, -0.2) is 17.6 Å². The molecule has 1 aliphatic carbocycles. The second-order valence-corrected chi connectivity index (χ2v) is 12.5. The molecule has 0 aromatic heterocycles. The molecule has 1 aliphatic rings. The minimum absolute atomic E-state index is 0.00330. The van der Waals surface area contributed by atoms with Gasteiger partial charge in [-0.05, 0) is 79.7 Å². The van der Waals surface area contributed by atoms with Crippen molar-refractivity contribution < 1.29 is 32.3 Å². The number of nitrogens with one attached hydrogen (secondary N) is 1. The molecule has 252 valence electrons. The number of Topliss-reactive ketones (excluding diaryl/α,β-unsaturated/α-hetero) is 1. The monoisotopic (exact) mass is 643 g/mol. The van der Waals surface area contributed by atoms with Crippen LogP contribution in [0.3, 0.4) is 0 Å². The minimum Gasteiger partial charge on any atom is -0.510 e. The highest BCUT2D eigenvalue weighted by Crippen LogP contribution is 2.38. The molecule has 2 N–H and O–H groups in total. The highest BCUT2D eigenvalue weighted by Gasteiger charge is 2.34. The first-order chi connectivity index (χ1) is 21.5. The van der Waals surface area contributed by atoms with Crippen molar-refractivity contribution in [2.75, 3.05) is 0 Å². The Bertz CT molecular complexity index is 1410. The Balaban J connectivity index is 0.00000136. The summed E-state index contributed by atoms with van der Waals surface area (Å²) in [6, 6.07) is 12.9. The van der Waals surface area contributed by atoms with Crippen LogP contribution in [0, 0.1) is 12.8 Å². The number of hydrogen-bond acceptors (Lipinski definition) is 3. The van der Waals surface area contributed by atoms with E-state index in [4.69, 9.17) is 0 Å². The van der Waals surface area contributed by atoms with E-state index in [9.17, 15) is 32.3 Å². The Morgan fingerprint density at radius 2 is 1.65 bits per heavy atom. The van der Waals surface area contributed by atoms with Crippen molar-refractivity contribution in [1.82, 2.24) is 5.32 Å². The van der Waals surface area contributed by atoms with Crippen LogP contribution in [0.4, 0.5) is 17.6 Å². The molecule has 1 saturated carbocycles. The molecule has 0 saturated heterocycles. The van der Waals surface area contributed by atoms with Gasteiger partial charge in [0.1, 0.15) is 5.76 Å². The highest BCUT2D eigenvalue weighted by atomic mass is 19.3. The number of hydrogen-bond donors (Lipinski definition) is 2. The fraction of sp³-hybridized carbons (Fsp3) is 0.474. The standard InChI is InChI=1S/C33H37F4NO3.C5H12/c1-20-9-5-6-14-26(20)30(33(4,36)37)27(22(3)39)18-23-10-7-11-24(17-23)19-28(31(40)25-12-8-13-25)38-32(41)21(2)15-16-29(34)35;1-4-5(2)3/h5-7,9-11,14,17,28-29,40H,2,8,12-13,15-16,18-19H2,1,3-4H3,(H,38,41);5H,4H2,1-3H3/b30-27+;. The van der Waals surface area contributed by atoms with Gasteiger partial charge in [-0.15, -0.1) is 0 Å². The van der Waals surface area contributed by atoms with Gasteiger partial charge in [-0.3, -0.25) is 9.59 Å². The van der Waals surface area contributed by atoms with E-state index in [0.717, 1.165) is 24.8 Å². The third kappa shape index (κ3) is 11.9. The fourth-order valence-electron chi connectivity index (χ4n) is 4.94. The van der Waals surface area contributed by atoms with Crippen molar-refractivity contribution in [1.29, 1.82) is 0 Å². The van der Waals surface area contributed by atoms with Crippen LogP contribution < -0.4 is 5.32 Å². The molecule has 1 unspecified atom stereocenters. The molecule has 1 fully saturated rings. The number of benzene rings is 2. The Kier molecular flexibility index (Phi) is 15.0. The number of allylic oxidation sites excluding steroid dienone is 3. The Morgan fingerprint density at radius 3 is 2.15 bits per heavy atom. The highest BCUT2D eigenvalue weighted by molar-refractivity contribution is 6.03. The van der Waals surface area contributed by atoms with Gasteiger partial charge in [-0.1, -0.05) is 82.3 Å². The number of carbonyl (C=O) groups excluding carboxylic acids is 2. The van der Waals surface area contributed by atoms with Gasteiger partial charge in [0.25, 0.3) is 5.92 Å². The maximum Gasteiger partial charge on any atom is 0.271 e. The van der Waals surface area contributed by atoms with Crippen LogP contribution in [0.25, 0.3) is 5.57 Å². The first-order valence-electron chi connectivity index (χ1n) is 16.0. The lowest BCUT2D eigenvalue weighted by Gasteiger charge is -2.26. The maximum atomic E-state index is 15.0. The van der Waals surface area contributed by atoms with Crippen LogP contribution in [0.1, 0.15) is 95.4 Å². The molecule has 2 aromatic rings. The maximum absolute atomic E-state index is 15.0. The number of amides is 1. The van der Waals surface area contributed by atoms with Crippen LogP contribution in [0.2, 0.25) is 0 Å². The average Bonchev–Trinajstić information content (AvgIpc) is 2.94. The minimum atomic E-state index is -3.27. The number of halogens is 4. The third-order valence-electron chi connectivity index (χ3n) is 8.15. The van der Waals surface area contributed by atoms with Crippen molar-refractivity contribution >= 4 is 17.3 Å². The molecule has 3 rings (SSSR count). The molecule has 1 atom stereocenters. The number of alkyl halides is 4. The van der Waals surface area contributed by atoms with E-state index in [1.807, 2.05) is 0 Å². The largest absolute Gasteiger partial charge is 0.510 e. The van der Waals surface area contributed by atoms with E-state index in [1.165, 1.54) is 13.3 Å². The molecule has 46 heavy (non-hydrogen) atoms. The van der Waals surface area contributed by atoms with Crippen molar-refractivity contribution in [3.05, 3.63) is 99.8 Å². The van der Waals surface area contributed by atoms with Gasteiger partial charge in [0.2, 0.25) is 12.3 Å². The summed E-state index contributed by atoms with van der Waals surface area (Å²) in [6.07, 6.45) is 0.538. The normalized spacial score (nSPS) is 14.1. The lowest BCUT2D eigenvalue weighted by Crippen LogP contribution is -2.39. The van der Waals surface area contributed by atoms with Crippen LogP contribution in [-0.2, 0) is 22.4 Å². The fourth-order valence-corrected chi connectivity index (χ4v) is 4.94. The first kappa shape index (κ1) is 38.5. The van der Waals surface area contributed by atoms with E-state index in [2.05, 4.69) is 32.7 Å². The molecule has 4 nitrogen and oxygen atoms in total. The van der Waals surface area contributed by atoms with E-state index < -0.39 is 36.5 Å². The summed E-state index contributed by atoms with van der Waals surface area (Å²) in [5.41, 5.74) is 2.76. The SMILES string of the molecule is C=C(CCC(F)F)C(=O)NC(Cc1cccc(C/C(C(C)=O)=C(/c2ccccc2C)C(C)(F)F)c1)C(O)=C1CCC1.CCC(C)C. The molecule has 1 amide bonds. The van der Waals surface area contributed by atoms with Gasteiger partial charge in [0.05, 0.1) is 6.04 Å². The predicted octanol–water partition coefficient (Wildman–Crippen LogP) is 9.91. The summed E-state index contributed by atoms with van der Waals surface area (Å²) in [5.74, 6) is -3.43. The zero-order valence-corrected chi connectivity index (χ0v) is 28.0. The van der Waals surface area contributed by atoms with Crippen LogP contribution in [-0.4, -0.2) is 35.2 Å². The quantitative estimate of drug-likeness (QED) is 0.122. The molecule has 0 radical (unpaired) electrons. The van der Waals surface area contributed by atoms with Crippen LogP contribution in [0.5, 0.6) is 0 Å². The number of ketones is 1. The molecular weight excluding hydrogens is 594 g/mol. The van der Waals surface area contributed by atoms with E-state index in [0.29, 0.717) is 35.1 Å². The topological polar surface area (TPSA) is 66.4 Å². The third-order valence-corrected chi connectivity index (χ3v) is 8.15. The number of rotatable bonds is 14. The van der Waals surface area contributed by atoms with Crippen molar-refractivity contribution in [2.45, 2.75) is 111 Å². The molecule has 0 aliphatic heterocycles. The smallest absolute Gasteiger partial charge is 0.271 e. The number of aliphatic hydroxyl groups is 1. The first-order valence-corrected chi connectivity index (χ1v) is 16.0. The van der Waals surface area contributed by atoms with Crippen LogP contribution >= 0.6 is 0 Å². The van der Waals surface area contributed by atoms with Crippen molar-refractivity contribution in [2.24, 2.45) is 5.92 Å². The molecular formula is C38H49F4NO3.